The fraction of sp³-hybridized carbons (Fsp3) is 0.125. The average Bonchev–Trinajstić information content (AvgIpc) is 2.54. The van der Waals surface area contributed by atoms with E-state index < -0.39 is 0 Å². The molecule has 0 saturated carbocycles. The van der Waals surface area contributed by atoms with Gasteiger partial charge in [0.25, 0.3) is 0 Å². The van der Waals surface area contributed by atoms with E-state index in [-0.39, 0.29) is 0 Å². The summed E-state index contributed by atoms with van der Waals surface area (Å²) in [5.74, 6) is 0. The van der Waals surface area contributed by atoms with Crippen molar-refractivity contribution in [3.05, 3.63) is 59.1 Å². The SMILES string of the molecule is CCc1ccc(NC(=S)NNC(=S)Nc2cccc(Cl)c2)cc1. The molecule has 0 spiro atoms. The third kappa shape index (κ3) is 6.02. The van der Waals surface area contributed by atoms with Gasteiger partial charge in [-0.05, 0) is 66.8 Å². The van der Waals surface area contributed by atoms with Crippen LogP contribution in [0.25, 0.3) is 0 Å². The summed E-state index contributed by atoms with van der Waals surface area (Å²) < 4.78 is 0. The van der Waals surface area contributed by atoms with E-state index in [0.717, 1.165) is 17.8 Å². The van der Waals surface area contributed by atoms with Crippen LogP contribution in [0.5, 0.6) is 0 Å². The molecule has 4 nitrogen and oxygen atoms in total. The third-order valence-corrected chi connectivity index (χ3v) is 3.64. The van der Waals surface area contributed by atoms with Crippen molar-refractivity contribution in [2.45, 2.75) is 13.3 Å². The van der Waals surface area contributed by atoms with Crippen molar-refractivity contribution < 1.29 is 0 Å². The predicted octanol–water partition coefficient (Wildman–Crippen LogP) is 4.09. The summed E-state index contributed by atoms with van der Waals surface area (Å²) in [6, 6.07) is 15.4. The molecule has 0 heterocycles. The molecule has 0 saturated heterocycles. The van der Waals surface area contributed by atoms with E-state index in [1.165, 1.54) is 5.56 Å². The first-order valence-electron chi connectivity index (χ1n) is 7.05. The summed E-state index contributed by atoms with van der Waals surface area (Å²) in [7, 11) is 0. The minimum atomic E-state index is 0.387. The van der Waals surface area contributed by atoms with Crippen LogP contribution in [0.1, 0.15) is 12.5 Å². The molecule has 0 amide bonds. The zero-order chi connectivity index (χ0) is 16.7. The van der Waals surface area contributed by atoms with Gasteiger partial charge in [0.2, 0.25) is 0 Å². The lowest BCUT2D eigenvalue weighted by molar-refractivity contribution is 0.885. The molecular formula is C16H17ClN4S2. The lowest BCUT2D eigenvalue weighted by atomic mass is 10.1. The summed E-state index contributed by atoms with van der Waals surface area (Å²) in [5.41, 5.74) is 8.63. The Kier molecular flexibility index (Phi) is 6.58. The van der Waals surface area contributed by atoms with Crippen molar-refractivity contribution in [1.82, 2.24) is 10.9 Å². The van der Waals surface area contributed by atoms with Gasteiger partial charge in [-0.25, -0.2) is 0 Å². The first kappa shape index (κ1) is 17.5. The van der Waals surface area contributed by atoms with Crippen LogP contribution in [-0.2, 0) is 6.42 Å². The van der Waals surface area contributed by atoms with Gasteiger partial charge in [0, 0.05) is 16.4 Å². The molecule has 4 N–H and O–H groups in total. The van der Waals surface area contributed by atoms with Crippen LogP contribution in [-0.4, -0.2) is 10.2 Å². The number of anilines is 2. The van der Waals surface area contributed by atoms with Crippen molar-refractivity contribution in [2.24, 2.45) is 0 Å². The Balaban J connectivity index is 1.78. The number of nitrogens with one attached hydrogen (secondary N) is 4. The van der Waals surface area contributed by atoms with Crippen LogP contribution in [0.2, 0.25) is 5.02 Å². The standard InChI is InChI=1S/C16H17ClN4S2/c1-2-11-6-8-13(9-7-11)18-15(22)20-21-16(23)19-14-5-3-4-12(17)10-14/h3-10H,2H2,1H3,(H2,18,20,22)(H2,19,21,23). The molecule has 2 aromatic rings. The molecule has 0 bridgehead atoms. The molecule has 2 rings (SSSR count). The fourth-order valence-electron chi connectivity index (χ4n) is 1.83. The van der Waals surface area contributed by atoms with Gasteiger partial charge in [-0.1, -0.05) is 36.7 Å². The van der Waals surface area contributed by atoms with E-state index in [9.17, 15) is 0 Å². The lowest BCUT2D eigenvalue weighted by Gasteiger charge is -2.14. The monoisotopic (exact) mass is 364 g/mol. The second kappa shape index (κ2) is 8.67. The molecule has 0 atom stereocenters. The van der Waals surface area contributed by atoms with Crippen LogP contribution < -0.4 is 21.5 Å². The number of thiocarbonyl (C=S) groups is 2. The van der Waals surface area contributed by atoms with Crippen LogP contribution in [0.15, 0.2) is 48.5 Å². The number of aryl methyl sites for hydroxylation is 1. The summed E-state index contributed by atoms with van der Waals surface area (Å²) in [6.45, 7) is 2.12. The van der Waals surface area contributed by atoms with Gasteiger partial charge in [0.1, 0.15) is 0 Å². The topological polar surface area (TPSA) is 48.1 Å². The summed E-state index contributed by atoms with van der Waals surface area (Å²) >= 11 is 16.3. The number of hydrogen-bond acceptors (Lipinski definition) is 2. The molecule has 120 valence electrons. The van der Waals surface area contributed by atoms with Gasteiger partial charge in [0.05, 0.1) is 0 Å². The molecule has 0 aliphatic carbocycles. The average molecular weight is 365 g/mol. The number of hydrogen-bond donors (Lipinski definition) is 4. The number of rotatable bonds is 3. The number of hydrazine groups is 1. The van der Waals surface area contributed by atoms with Crippen LogP contribution in [0, 0.1) is 0 Å². The number of halogens is 1. The molecule has 0 aromatic heterocycles. The van der Waals surface area contributed by atoms with E-state index in [0.29, 0.717) is 15.2 Å². The first-order valence-corrected chi connectivity index (χ1v) is 8.25. The molecule has 0 aliphatic heterocycles. The fourth-order valence-corrected chi connectivity index (χ4v) is 2.36. The van der Waals surface area contributed by atoms with E-state index in [1.807, 2.05) is 24.3 Å². The van der Waals surface area contributed by atoms with Gasteiger partial charge in [-0.2, -0.15) is 0 Å². The smallest absolute Gasteiger partial charge is 0.189 e. The highest BCUT2D eigenvalue weighted by Crippen LogP contribution is 2.14. The van der Waals surface area contributed by atoms with Gasteiger partial charge < -0.3 is 10.6 Å². The molecule has 2 aromatic carbocycles. The predicted molar refractivity (Wildman–Crippen MR) is 106 cm³/mol. The zero-order valence-corrected chi connectivity index (χ0v) is 14.9. The molecule has 0 unspecified atom stereocenters. The van der Waals surface area contributed by atoms with Crippen molar-refractivity contribution in [1.29, 1.82) is 0 Å². The highest BCUT2D eigenvalue weighted by Gasteiger charge is 2.00. The maximum Gasteiger partial charge on any atom is 0.189 e. The summed E-state index contributed by atoms with van der Waals surface area (Å²) in [5, 5.41) is 7.52. The highest BCUT2D eigenvalue weighted by atomic mass is 35.5. The Bertz CT molecular complexity index is 689. The van der Waals surface area contributed by atoms with Crippen molar-refractivity contribution in [3.63, 3.8) is 0 Å². The van der Waals surface area contributed by atoms with Gasteiger partial charge >= 0.3 is 0 Å². The molecular weight excluding hydrogens is 348 g/mol. The zero-order valence-electron chi connectivity index (χ0n) is 12.5. The van der Waals surface area contributed by atoms with Crippen LogP contribution >= 0.6 is 36.0 Å². The third-order valence-electron chi connectivity index (χ3n) is 2.99. The number of benzene rings is 2. The van der Waals surface area contributed by atoms with Crippen LogP contribution in [0.4, 0.5) is 11.4 Å². The van der Waals surface area contributed by atoms with Crippen molar-refractivity contribution in [3.8, 4) is 0 Å². The maximum absolute atomic E-state index is 5.92. The largest absolute Gasteiger partial charge is 0.331 e. The minimum Gasteiger partial charge on any atom is -0.331 e. The van der Waals surface area contributed by atoms with E-state index in [4.69, 9.17) is 36.0 Å². The van der Waals surface area contributed by atoms with Gasteiger partial charge in [-0.3, -0.25) is 10.9 Å². The van der Waals surface area contributed by atoms with E-state index in [1.54, 1.807) is 12.1 Å². The lowest BCUT2D eigenvalue weighted by Crippen LogP contribution is -2.45. The molecule has 0 fully saturated rings. The van der Waals surface area contributed by atoms with E-state index in [2.05, 4.69) is 40.5 Å². The van der Waals surface area contributed by atoms with E-state index >= 15 is 0 Å². The first-order chi connectivity index (χ1) is 11.1. The summed E-state index contributed by atoms with van der Waals surface area (Å²) in [6.07, 6.45) is 1.01. The summed E-state index contributed by atoms with van der Waals surface area (Å²) in [4.78, 5) is 0. The van der Waals surface area contributed by atoms with Gasteiger partial charge in [0.15, 0.2) is 10.2 Å². The quantitative estimate of drug-likeness (QED) is 0.486. The maximum atomic E-state index is 5.92. The second-order valence-electron chi connectivity index (χ2n) is 4.72. The molecule has 7 heteroatoms. The van der Waals surface area contributed by atoms with Crippen molar-refractivity contribution in [2.75, 3.05) is 10.6 Å². The molecule has 0 aliphatic rings. The Morgan fingerprint density at radius 2 is 1.52 bits per heavy atom. The molecule has 23 heavy (non-hydrogen) atoms. The Morgan fingerprint density at radius 3 is 2.09 bits per heavy atom. The normalized spacial score (nSPS) is 9.83. The van der Waals surface area contributed by atoms with Crippen molar-refractivity contribution >= 4 is 57.6 Å². The van der Waals surface area contributed by atoms with Crippen LogP contribution in [0.3, 0.4) is 0 Å². The Hall–Kier alpha value is -1.89. The Morgan fingerprint density at radius 1 is 0.913 bits per heavy atom. The van der Waals surface area contributed by atoms with Gasteiger partial charge in [-0.15, -0.1) is 0 Å². The Labute approximate surface area is 151 Å². The molecule has 0 radical (unpaired) electrons. The second-order valence-corrected chi connectivity index (χ2v) is 5.97. The minimum absolute atomic E-state index is 0.387. The highest BCUT2D eigenvalue weighted by molar-refractivity contribution is 7.81.